The summed E-state index contributed by atoms with van der Waals surface area (Å²) >= 11 is 1.29. The highest BCUT2D eigenvalue weighted by molar-refractivity contribution is 7.16. The third-order valence-corrected chi connectivity index (χ3v) is 4.99. The number of methoxy groups -OCH3 is 3. The normalized spacial score (nSPS) is 10.4. The predicted octanol–water partition coefficient (Wildman–Crippen LogP) is 4.21. The largest absolute Gasteiger partial charge is 0.495 e. The van der Waals surface area contributed by atoms with Crippen LogP contribution in [0.5, 0.6) is 17.2 Å². The molecule has 0 aliphatic carbocycles. The van der Waals surface area contributed by atoms with E-state index in [4.69, 9.17) is 14.2 Å². The van der Waals surface area contributed by atoms with Gasteiger partial charge in [-0.2, -0.15) is 0 Å². The maximum Gasteiger partial charge on any atom is 0.308 e. The maximum atomic E-state index is 11.3. The number of benzene rings is 2. The summed E-state index contributed by atoms with van der Waals surface area (Å²) in [6.45, 7) is 0. The minimum absolute atomic E-state index is 0.130. The van der Waals surface area contributed by atoms with Gasteiger partial charge in [-0.25, -0.2) is 4.98 Å². The van der Waals surface area contributed by atoms with Crippen LogP contribution >= 0.6 is 11.3 Å². The maximum absolute atomic E-state index is 11.3. The van der Waals surface area contributed by atoms with Crippen molar-refractivity contribution in [3.63, 3.8) is 0 Å². The van der Waals surface area contributed by atoms with Crippen LogP contribution < -0.4 is 19.5 Å². The second-order valence-electron chi connectivity index (χ2n) is 5.76. The highest BCUT2D eigenvalue weighted by atomic mass is 32.1. The molecule has 0 amide bonds. The first kappa shape index (κ1) is 19.5. The number of thiazole rings is 1. The summed E-state index contributed by atoms with van der Waals surface area (Å²) in [4.78, 5) is 16.6. The summed E-state index contributed by atoms with van der Waals surface area (Å²) in [7, 11) is 4.70. The Morgan fingerprint density at radius 3 is 2.43 bits per heavy atom. The molecule has 28 heavy (non-hydrogen) atoms. The van der Waals surface area contributed by atoms with E-state index in [2.05, 4.69) is 10.3 Å². The molecule has 0 spiro atoms. The molecule has 0 atom stereocenters. The molecule has 0 saturated carbocycles. The molecule has 0 fully saturated rings. The van der Waals surface area contributed by atoms with Crippen LogP contribution in [0.15, 0.2) is 42.5 Å². The van der Waals surface area contributed by atoms with Gasteiger partial charge in [-0.05, 0) is 30.3 Å². The van der Waals surface area contributed by atoms with E-state index in [1.54, 1.807) is 33.5 Å². The van der Waals surface area contributed by atoms with Crippen LogP contribution in [-0.2, 0) is 11.2 Å². The second-order valence-corrected chi connectivity index (χ2v) is 6.84. The molecule has 1 heterocycles. The Bertz CT molecular complexity index is 986. The Kier molecular flexibility index (Phi) is 6.00. The molecular weight excluding hydrogens is 380 g/mol. The number of aromatic nitrogens is 1. The van der Waals surface area contributed by atoms with Crippen LogP contribution in [-0.4, -0.2) is 37.4 Å². The van der Waals surface area contributed by atoms with Gasteiger partial charge in [0.1, 0.15) is 5.75 Å². The van der Waals surface area contributed by atoms with E-state index in [0.29, 0.717) is 33.0 Å². The number of hydrogen-bond acceptors (Lipinski definition) is 7. The number of aliphatic carboxylic acids is 1. The van der Waals surface area contributed by atoms with Gasteiger partial charge in [-0.3, -0.25) is 4.79 Å². The smallest absolute Gasteiger partial charge is 0.308 e. The lowest BCUT2D eigenvalue weighted by Crippen LogP contribution is -1.99. The van der Waals surface area contributed by atoms with Gasteiger partial charge in [0.25, 0.3) is 0 Å². The van der Waals surface area contributed by atoms with Crippen molar-refractivity contribution in [1.82, 2.24) is 4.98 Å². The molecule has 146 valence electrons. The SMILES string of the molecule is COc1ccccc1Nc1nc(-c2ccc(OC)c(OC)c2)c(CC(=O)O)s1. The van der Waals surface area contributed by atoms with Gasteiger partial charge in [0.2, 0.25) is 0 Å². The van der Waals surface area contributed by atoms with E-state index >= 15 is 0 Å². The van der Waals surface area contributed by atoms with Gasteiger partial charge in [0.15, 0.2) is 16.6 Å². The van der Waals surface area contributed by atoms with Crippen LogP contribution in [0.25, 0.3) is 11.3 Å². The Hall–Kier alpha value is -3.26. The Morgan fingerprint density at radius 1 is 1.04 bits per heavy atom. The Labute approximate surface area is 166 Å². The summed E-state index contributed by atoms with van der Waals surface area (Å²) in [5, 5.41) is 13.1. The number of carboxylic acids is 1. The zero-order valence-corrected chi connectivity index (χ0v) is 16.5. The quantitative estimate of drug-likeness (QED) is 0.585. The summed E-state index contributed by atoms with van der Waals surface area (Å²) in [6.07, 6.45) is -0.130. The molecule has 7 nitrogen and oxygen atoms in total. The molecule has 3 rings (SSSR count). The van der Waals surface area contributed by atoms with Crippen LogP contribution in [0.3, 0.4) is 0 Å². The molecule has 0 radical (unpaired) electrons. The first-order chi connectivity index (χ1) is 13.5. The zero-order valence-electron chi connectivity index (χ0n) is 15.7. The molecular formula is C20H20N2O5S. The minimum Gasteiger partial charge on any atom is -0.495 e. The average Bonchev–Trinajstić information content (AvgIpc) is 3.09. The van der Waals surface area contributed by atoms with Crippen molar-refractivity contribution in [2.75, 3.05) is 26.6 Å². The van der Waals surface area contributed by atoms with Crippen molar-refractivity contribution in [2.45, 2.75) is 6.42 Å². The third-order valence-electron chi connectivity index (χ3n) is 4.01. The second kappa shape index (κ2) is 8.62. The van der Waals surface area contributed by atoms with Crippen molar-refractivity contribution in [1.29, 1.82) is 0 Å². The number of carboxylic acid groups (broad SMARTS) is 1. The van der Waals surface area contributed by atoms with Gasteiger partial charge in [0, 0.05) is 10.4 Å². The number of nitrogens with one attached hydrogen (secondary N) is 1. The van der Waals surface area contributed by atoms with Crippen molar-refractivity contribution in [3.05, 3.63) is 47.3 Å². The third kappa shape index (κ3) is 4.17. The molecule has 0 aliphatic heterocycles. The van der Waals surface area contributed by atoms with E-state index in [1.165, 1.54) is 11.3 Å². The van der Waals surface area contributed by atoms with Crippen molar-refractivity contribution < 1.29 is 24.1 Å². The molecule has 1 aromatic heterocycles. The molecule has 0 unspecified atom stereocenters. The number of anilines is 2. The fourth-order valence-electron chi connectivity index (χ4n) is 2.73. The number of nitrogens with zero attached hydrogens (tertiary/aromatic N) is 1. The summed E-state index contributed by atoms with van der Waals surface area (Å²) < 4.78 is 16.0. The average molecular weight is 400 g/mol. The van der Waals surface area contributed by atoms with Crippen LogP contribution in [0.4, 0.5) is 10.8 Å². The lowest BCUT2D eigenvalue weighted by atomic mass is 10.1. The van der Waals surface area contributed by atoms with E-state index in [-0.39, 0.29) is 6.42 Å². The van der Waals surface area contributed by atoms with Gasteiger partial charge in [-0.15, -0.1) is 11.3 Å². The van der Waals surface area contributed by atoms with Gasteiger partial charge in [-0.1, -0.05) is 12.1 Å². The number of ether oxygens (including phenoxy) is 3. The molecule has 0 bridgehead atoms. The number of para-hydroxylation sites is 2. The highest BCUT2D eigenvalue weighted by Crippen LogP contribution is 2.38. The fourth-order valence-corrected chi connectivity index (χ4v) is 3.72. The van der Waals surface area contributed by atoms with Crippen LogP contribution in [0.1, 0.15) is 4.88 Å². The molecule has 0 saturated heterocycles. The standard InChI is InChI=1S/C20H20N2O5S/c1-25-14-7-5-4-6-13(14)21-20-22-19(17(28-20)11-18(23)24)12-8-9-15(26-2)16(10-12)27-3/h4-10H,11H2,1-3H3,(H,21,22)(H,23,24). The van der Waals surface area contributed by atoms with Crippen LogP contribution in [0.2, 0.25) is 0 Å². The monoisotopic (exact) mass is 400 g/mol. The molecule has 2 aromatic carbocycles. The van der Waals surface area contributed by atoms with E-state index in [1.807, 2.05) is 30.3 Å². The molecule has 3 aromatic rings. The lowest BCUT2D eigenvalue weighted by molar-refractivity contribution is -0.136. The first-order valence-electron chi connectivity index (χ1n) is 8.39. The molecule has 8 heteroatoms. The van der Waals surface area contributed by atoms with E-state index < -0.39 is 5.97 Å². The van der Waals surface area contributed by atoms with Gasteiger partial charge >= 0.3 is 5.97 Å². The van der Waals surface area contributed by atoms with E-state index in [9.17, 15) is 9.90 Å². The molecule has 2 N–H and O–H groups in total. The first-order valence-corrected chi connectivity index (χ1v) is 9.21. The van der Waals surface area contributed by atoms with Gasteiger partial charge in [0.05, 0.1) is 39.1 Å². The van der Waals surface area contributed by atoms with Gasteiger partial charge < -0.3 is 24.6 Å². The lowest BCUT2D eigenvalue weighted by Gasteiger charge is -2.09. The Balaban J connectivity index is 2.02. The fraction of sp³-hybridized carbons (Fsp3) is 0.200. The highest BCUT2D eigenvalue weighted by Gasteiger charge is 2.18. The van der Waals surface area contributed by atoms with Crippen molar-refractivity contribution >= 4 is 28.1 Å². The van der Waals surface area contributed by atoms with Crippen molar-refractivity contribution in [3.8, 4) is 28.5 Å². The number of carbonyl (C=O) groups is 1. The minimum atomic E-state index is -0.922. The summed E-state index contributed by atoms with van der Waals surface area (Å²) in [5.41, 5.74) is 2.09. The summed E-state index contributed by atoms with van der Waals surface area (Å²) in [5.74, 6) is 0.890. The topological polar surface area (TPSA) is 89.9 Å². The van der Waals surface area contributed by atoms with E-state index in [0.717, 1.165) is 11.3 Å². The van der Waals surface area contributed by atoms with Crippen molar-refractivity contribution in [2.24, 2.45) is 0 Å². The predicted molar refractivity (Wildman–Crippen MR) is 108 cm³/mol. The number of rotatable bonds is 8. The molecule has 0 aliphatic rings. The zero-order chi connectivity index (χ0) is 20.1. The summed E-state index contributed by atoms with van der Waals surface area (Å²) in [6, 6.07) is 12.8. The van der Waals surface area contributed by atoms with Crippen LogP contribution in [0, 0.1) is 0 Å². The Morgan fingerprint density at radius 2 is 1.75 bits per heavy atom. The number of hydrogen-bond donors (Lipinski definition) is 2.